The van der Waals surface area contributed by atoms with Crippen molar-refractivity contribution >= 4 is 2.78 Å². The maximum absolute atomic E-state index is 9.22. The molecule has 26 valence electrons. The van der Waals surface area contributed by atoms with E-state index in [1.54, 1.807) is 0 Å². The zero-order chi connectivity index (χ0) is 4.28. The molecule has 0 aromatic carbocycles. The molecule has 1 N–H and O–H groups in total. The average Bonchev–Trinajstić information content (AvgIpc) is 1.38. The Morgan fingerprint density at radius 2 is 2.00 bits per heavy atom. The third kappa shape index (κ3) is 4.37. The van der Waals surface area contributed by atoms with E-state index in [0.29, 0.717) is 0 Å². The van der Waals surface area contributed by atoms with Crippen LogP contribution >= 0.6 is 0 Å². The van der Waals surface area contributed by atoms with Gasteiger partial charge in [-0.05, 0) is 0 Å². The molecule has 0 aliphatic rings. The Balaban J connectivity index is 3.20. The third-order valence-electron chi connectivity index (χ3n) is 0.101. The summed E-state index contributed by atoms with van der Waals surface area (Å²) in [5, 5.41) is 7.49. The fraction of sp³-hybridized carbons (Fsp3) is 0. The predicted molar refractivity (Wildman–Crippen MR) is 8.71 cm³/mol. The molecule has 0 saturated heterocycles. The van der Waals surface area contributed by atoms with Crippen LogP contribution in [-0.2, 0) is 31.3 Å². The molecule has 0 aromatic rings. The van der Waals surface area contributed by atoms with Crippen LogP contribution in [0.2, 0.25) is 0 Å². The molecule has 0 fully saturated rings. The molecule has 0 unspecified atom stereocenters. The van der Waals surface area contributed by atoms with E-state index in [4.69, 9.17) is 9.90 Å². The van der Waals surface area contributed by atoms with Gasteiger partial charge in [-0.2, -0.15) is 0 Å². The summed E-state index contributed by atoms with van der Waals surface area (Å²) in [6, 6.07) is 0. The van der Waals surface area contributed by atoms with Gasteiger partial charge in [0.1, 0.15) is 0 Å². The molecule has 0 aliphatic carbocycles. The molecule has 4 heteroatoms. The van der Waals surface area contributed by atoms with Crippen LogP contribution in [0.15, 0.2) is 0 Å². The first-order valence-corrected chi connectivity index (χ1v) is 3.53. The second-order valence-corrected chi connectivity index (χ2v) is 2.25. The zero-order valence-corrected chi connectivity index (χ0v) is 5.18. The van der Waals surface area contributed by atoms with Crippen molar-refractivity contribution in [3.8, 4) is 0 Å². The summed E-state index contributed by atoms with van der Waals surface area (Å²) in [7, 11) is 0. The normalized spacial score (nSPS) is 5.60. The fourth-order valence-electron chi connectivity index (χ4n) is 0. The first-order valence-electron chi connectivity index (χ1n) is 0.952. The van der Waals surface area contributed by atoms with Crippen molar-refractivity contribution in [1.29, 1.82) is 0 Å². The van der Waals surface area contributed by atoms with E-state index >= 15 is 0 Å². The fourth-order valence-corrected chi connectivity index (χ4v) is 0. The molecule has 0 amide bonds. The van der Waals surface area contributed by atoms with Crippen LogP contribution in [0, 0.1) is 0 Å². The monoisotopic (exact) mass is 150 g/mol. The summed E-state index contributed by atoms with van der Waals surface area (Å²) in [6.07, 6.45) is 0. The van der Waals surface area contributed by atoms with Crippen molar-refractivity contribution in [2.45, 2.75) is 0 Å². The molecular formula is CHO3Y. The first kappa shape index (κ1) is 5.37. The second-order valence-electron chi connectivity index (χ2n) is 0.456. The molecule has 0 radical (unpaired) electrons. The molecule has 0 saturated carbocycles. The van der Waals surface area contributed by atoms with E-state index in [0.717, 1.165) is 0 Å². The van der Waals surface area contributed by atoms with Crippen molar-refractivity contribution in [3.05, 3.63) is 0 Å². The van der Waals surface area contributed by atoms with Crippen molar-refractivity contribution in [1.82, 2.24) is 0 Å². The quantitative estimate of drug-likeness (QED) is 0.576. The van der Waals surface area contributed by atoms with Crippen LogP contribution in [0.3, 0.4) is 0 Å². The molecule has 0 spiro atoms. The van der Waals surface area contributed by atoms with Crippen molar-refractivity contribution in [2.75, 3.05) is 0 Å². The standard InChI is InChI=1S/CHO2.O.Y/c2-1-3;;/h(H,2,3);;. The van der Waals surface area contributed by atoms with Crippen LogP contribution in [0.4, 0.5) is 4.79 Å². The molecule has 0 heterocycles. The summed E-state index contributed by atoms with van der Waals surface area (Å²) >= 11 is -2.34. The van der Waals surface area contributed by atoms with Crippen LogP contribution in [0.5, 0.6) is 0 Å². The van der Waals surface area contributed by atoms with Crippen LogP contribution < -0.4 is 0 Å². The maximum atomic E-state index is 9.22. The van der Waals surface area contributed by atoms with Crippen LogP contribution in [-0.4, -0.2) is 7.89 Å². The predicted octanol–water partition coefficient (Wildman–Crippen LogP) is 0.0924. The van der Waals surface area contributed by atoms with Gasteiger partial charge in [-0.25, -0.2) is 0 Å². The van der Waals surface area contributed by atoms with E-state index < -0.39 is 32.0 Å². The molecule has 3 nitrogen and oxygen atoms in total. The van der Waals surface area contributed by atoms with Crippen LogP contribution in [0.25, 0.3) is 0 Å². The number of hydrogen-bond acceptors (Lipinski definition) is 2. The molecule has 5 heavy (non-hydrogen) atoms. The Bertz CT molecular complexity index is 57.9. The Labute approximate surface area is 44.0 Å². The summed E-state index contributed by atoms with van der Waals surface area (Å²) in [4.78, 5) is 9.14. The van der Waals surface area contributed by atoms with Gasteiger partial charge in [0.15, 0.2) is 0 Å². The molecular weight excluding hydrogens is 149 g/mol. The Morgan fingerprint density at radius 1 is 1.80 bits per heavy atom. The molecule has 0 atom stereocenters. The van der Waals surface area contributed by atoms with E-state index in [9.17, 15) is 2.04 Å². The molecule has 0 aliphatic heterocycles. The summed E-state index contributed by atoms with van der Waals surface area (Å²) in [5.41, 5.74) is 0. The van der Waals surface area contributed by atoms with Gasteiger partial charge in [-0.15, -0.1) is 0 Å². The van der Waals surface area contributed by atoms with E-state index in [2.05, 4.69) is 0 Å². The van der Waals surface area contributed by atoms with Gasteiger partial charge in [-0.1, -0.05) is 0 Å². The topological polar surface area (TPSA) is 54.4 Å². The summed E-state index contributed by atoms with van der Waals surface area (Å²) < 4.78 is 8.11. The molecule has 0 rings (SSSR count). The SMILES string of the molecule is [O]=[Y][C](=O)O. The van der Waals surface area contributed by atoms with E-state index in [-0.39, 0.29) is 0 Å². The van der Waals surface area contributed by atoms with E-state index in [1.807, 2.05) is 0 Å². The average molecular weight is 150 g/mol. The summed E-state index contributed by atoms with van der Waals surface area (Å²) in [5.74, 6) is 0. The van der Waals surface area contributed by atoms with Gasteiger partial charge in [0.05, 0.1) is 0 Å². The van der Waals surface area contributed by atoms with Gasteiger partial charge in [0.25, 0.3) is 0 Å². The van der Waals surface area contributed by atoms with Gasteiger partial charge in [0.2, 0.25) is 0 Å². The van der Waals surface area contributed by atoms with Crippen LogP contribution in [0.1, 0.15) is 0 Å². The van der Waals surface area contributed by atoms with Gasteiger partial charge >= 0.3 is 44.0 Å². The Hall–Kier alpha value is 0.374. The number of carboxylic acid groups (broad SMARTS) is 1. The Kier molecular flexibility index (Phi) is 2.80. The van der Waals surface area contributed by atoms with E-state index in [1.165, 1.54) is 0 Å². The van der Waals surface area contributed by atoms with Gasteiger partial charge < -0.3 is 0 Å². The number of carbonyl (C=O) groups is 1. The minimum absolute atomic E-state index is 1.11. The molecule has 0 bridgehead atoms. The van der Waals surface area contributed by atoms with Crippen molar-refractivity contribution < 1.29 is 41.2 Å². The minimum atomic E-state index is -2.34. The van der Waals surface area contributed by atoms with Gasteiger partial charge in [0, 0.05) is 0 Å². The van der Waals surface area contributed by atoms with Gasteiger partial charge in [-0.3, -0.25) is 0 Å². The third-order valence-corrected chi connectivity index (χ3v) is 0.596. The second kappa shape index (κ2) is 2.60. The number of rotatable bonds is 1. The molecule has 0 aromatic heterocycles. The van der Waals surface area contributed by atoms with Crippen molar-refractivity contribution in [2.24, 2.45) is 0 Å². The zero-order valence-electron chi connectivity index (χ0n) is 2.34. The summed E-state index contributed by atoms with van der Waals surface area (Å²) in [6.45, 7) is 0. The number of hydrogen-bond donors (Lipinski definition) is 1. The Morgan fingerprint density at radius 3 is 2.00 bits per heavy atom. The first-order chi connectivity index (χ1) is 2.27. The van der Waals surface area contributed by atoms with Crippen molar-refractivity contribution in [3.63, 3.8) is 0 Å².